The molecule has 2 aliphatic heterocycles. The van der Waals surface area contributed by atoms with E-state index in [1.165, 1.54) is 38.5 Å². The maximum Gasteiger partial charge on any atom is 0.170 e. The molecule has 3 N–H and O–H groups in total. The monoisotopic (exact) mass is 603 g/mol. The molecule has 2 heterocycles. The minimum Gasteiger partial charge on any atom is -0.390 e. The van der Waals surface area contributed by atoms with Gasteiger partial charge in [-0.05, 0) is 117 Å². The van der Waals surface area contributed by atoms with Crippen LogP contribution in [0, 0.1) is 50.7 Å². The number of hydrogen-bond acceptors (Lipinski definition) is 7. The van der Waals surface area contributed by atoms with Crippen LogP contribution in [0.2, 0.25) is 0 Å². The Hall–Kier alpha value is -0.280. The Balaban J connectivity index is 1.16. The first-order valence-electron chi connectivity index (χ1n) is 17.8. The van der Waals surface area contributed by atoms with E-state index in [0.717, 1.165) is 32.5 Å². The largest absolute Gasteiger partial charge is 0.390 e. The Labute approximate surface area is 260 Å². The van der Waals surface area contributed by atoms with Crippen LogP contribution in [-0.4, -0.2) is 78.9 Å². The molecule has 5 saturated carbocycles. The van der Waals surface area contributed by atoms with Gasteiger partial charge in [0.25, 0.3) is 0 Å². The van der Waals surface area contributed by atoms with Crippen molar-refractivity contribution < 1.29 is 29.2 Å². The molecule has 2 spiro atoms. The Bertz CT molecular complexity index is 1070. The number of aliphatic hydroxyl groups excluding tert-OH is 1. The highest BCUT2D eigenvalue weighted by atomic mass is 16.7. The van der Waals surface area contributed by atoms with Crippen molar-refractivity contribution in [3.63, 3.8) is 0 Å². The standard InChI is InChI=1S/C36H61NO6/c1-9-40-30(32(5,6)39)22-18-21(2)27-28(42-22)29(38)34(8)24-11-10-23-31(3,4)25(43-26-19-37-16-17-41-26)12-13-35(23)20-36(24,35)15-14-33(27,34)7/h21-30,37-39H,9-20H2,1-8H3/t21-,22?,23+,24?,25+,26+,27+,28?,29+,30+,33-,34?,35-,36?/m1/s1. The van der Waals surface area contributed by atoms with Crippen molar-refractivity contribution in [1.29, 1.82) is 0 Å². The van der Waals surface area contributed by atoms with Gasteiger partial charge in [0.05, 0.1) is 36.6 Å². The zero-order valence-electron chi connectivity index (χ0n) is 28.3. The van der Waals surface area contributed by atoms with E-state index in [9.17, 15) is 10.2 Å². The minimum atomic E-state index is -1.00. The van der Waals surface area contributed by atoms with Gasteiger partial charge in [0.15, 0.2) is 6.29 Å². The lowest BCUT2D eigenvalue weighted by Gasteiger charge is -2.64. The molecule has 0 radical (unpaired) electrons. The molecule has 2 saturated heterocycles. The lowest BCUT2D eigenvalue weighted by atomic mass is 9.41. The Morgan fingerprint density at radius 2 is 1.74 bits per heavy atom. The molecular weight excluding hydrogens is 542 g/mol. The second-order valence-corrected chi connectivity index (χ2v) is 17.7. The van der Waals surface area contributed by atoms with Gasteiger partial charge in [-0.25, -0.2) is 0 Å². The molecule has 0 bridgehead atoms. The molecular formula is C36H61NO6. The summed E-state index contributed by atoms with van der Waals surface area (Å²) in [5.41, 5.74) is -0.354. The second kappa shape index (κ2) is 10.1. The van der Waals surface area contributed by atoms with Crippen LogP contribution in [0.25, 0.3) is 0 Å². The van der Waals surface area contributed by atoms with Crippen LogP contribution in [0.15, 0.2) is 0 Å². The van der Waals surface area contributed by atoms with E-state index in [1.54, 1.807) is 0 Å². The average Bonchev–Trinajstić information content (AvgIpc) is 3.58. The SMILES string of the molecule is CCO[C@@H](C1C[C@@H](C)[C@H]2C(O1)[C@H](O)C1(C)C3CC[C@H]4C(C)(C)[C@@H](O[C@H]5CNCCO5)CC[C@@]45CC35CC[C@]21C)C(C)(C)O. The summed E-state index contributed by atoms with van der Waals surface area (Å²) in [5.74, 6) is 1.89. The van der Waals surface area contributed by atoms with E-state index < -0.39 is 17.8 Å². The Kier molecular flexibility index (Phi) is 7.37. The predicted octanol–water partition coefficient (Wildman–Crippen LogP) is 5.31. The maximum absolute atomic E-state index is 12.5. The number of morpholine rings is 1. The molecule has 7 aliphatic rings. The van der Waals surface area contributed by atoms with Gasteiger partial charge in [-0.3, -0.25) is 0 Å². The maximum atomic E-state index is 12.5. The first-order valence-corrected chi connectivity index (χ1v) is 17.8. The predicted molar refractivity (Wildman–Crippen MR) is 165 cm³/mol. The van der Waals surface area contributed by atoms with E-state index in [-0.39, 0.29) is 40.8 Å². The van der Waals surface area contributed by atoms with Crippen molar-refractivity contribution in [2.24, 2.45) is 50.7 Å². The van der Waals surface area contributed by atoms with Gasteiger partial charge in [-0.1, -0.05) is 34.6 Å². The molecule has 14 atom stereocenters. The van der Waals surface area contributed by atoms with Gasteiger partial charge < -0.3 is 34.5 Å². The molecule has 0 amide bonds. The minimum absolute atomic E-state index is 0.0327. The topological polar surface area (TPSA) is 89.4 Å². The van der Waals surface area contributed by atoms with Crippen LogP contribution in [0.5, 0.6) is 0 Å². The summed E-state index contributed by atoms with van der Waals surface area (Å²) in [7, 11) is 0. The molecule has 5 unspecified atom stereocenters. The van der Waals surface area contributed by atoms with Crippen molar-refractivity contribution in [1.82, 2.24) is 5.32 Å². The van der Waals surface area contributed by atoms with Crippen LogP contribution in [0.1, 0.15) is 107 Å². The third-order valence-electron chi connectivity index (χ3n) is 15.4. The van der Waals surface area contributed by atoms with Gasteiger partial charge >= 0.3 is 0 Å². The van der Waals surface area contributed by atoms with Gasteiger partial charge in [-0.2, -0.15) is 0 Å². The molecule has 7 heteroatoms. The van der Waals surface area contributed by atoms with Crippen LogP contribution in [0.4, 0.5) is 0 Å². The first-order chi connectivity index (χ1) is 20.2. The zero-order valence-corrected chi connectivity index (χ0v) is 28.3. The highest BCUT2D eigenvalue weighted by molar-refractivity contribution is 5.33. The van der Waals surface area contributed by atoms with E-state index in [0.29, 0.717) is 41.1 Å². The summed E-state index contributed by atoms with van der Waals surface area (Å²) in [4.78, 5) is 0. The highest BCUT2D eigenvalue weighted by Gasteiger charge is 2.84. The number of nitrogens with one attached hydrogen (secondary N) is 1. The molecule has 5 aliphatic carbocycles. The lowest BCUT2D eigenvalue weighted by molar-refractivity contribution is -0.237. The van der Waals surface area contributed by atoms with Crippen molar-refractivity contribution in [2.45, 2.75) is 149 Å². The average molecular weight is 604 g/mol. The van der Waals surface area contributed by atoms with E-state index in [1.807, 2.05) is 20.8 Å². The van der Waals surface area contributed by atoms with E-state index in [4.69, 9.17) is 18.9 Å². The Morgan fingerprint density at radius 1 is 1.02 bits per heavy atom. The molecule has 0 aromatic heterocycles. The number of ether oxygens (including phenoxy) is 4. The molecule has 246 valence electrons. The molecule has 0 aromatic carbocycles. The van der Waals surface area contributed by atoms with Crippen molar-refractivity contribution >= 4 is 0 Å². The number of fused-ring (bicyclic) bond motifs is 4. The third kappa shape index (κ3) is 4.10. The number of aliphatic hydroxyl groups is 2. The molecule has 0 aromatic rings. The normalized spacial score (nSPS) is 54.4. The summed E-state index contributed by atoms with van der Waals surface area (Å²) >= 11 is 0. The fraction of sp³-hybridized carbons (Fsp3) is 1.00. The summed E-state index contributed by atoms with van der Waals surface area (Å²) in [6.45, 7) is 20.9. The van der Waals surface area contributed by atoms with Gasteiger partial charge in [0.2, 0.25) is 0 Å². The van der Waals surface area contributed by atoms with Crippen LogP contribution in [0.3, 0.4) is 0 Å². The van der Waals surface area contributed by atoms with Crippen molar-refractivity contribution in [3.05, 3.63) is 0 Å². The van der Waals surface area contributed by atoms with Gasteiger partial charge in [0, 0.05) is 25.1 Å². The summed E-state index contributed by atoms with van der Waals surface area (Å²) in [6, 6.07) is 0. The fourth-order valence-electron chi connectivity index (χ4n) is 13.5. The zero-order chi connectivity index (χ0) is 30.8. The highest BCUT2D eigenvalue weighted by Crippen LogP contribution is 2.89. The molecule has 43 heavy (non-hydrogen) atoms. The van der Waals surface area contributed by atoms with Gasteiger partial charge in [0.1, 0.15) is 6.10 Å². The summed E-state index contributed by atoms with van der Waals surface area (Å²) in [6.07, 6.45) is 8.19. The van der Waals surface area contributed by atoms with Crippen molar-refractivity contribution in [3.8, 4) is 0 Å². The number of hydrogen-bond donors (Lipinski definition) is 3. The van der Waals surface area contributed by atoms with E-state index >= 15 is 0 Å². The van der Waals surface area contributed by atoms with Crippen LogP contribution < -0.4 is 5.32 Å². The fourth-order valence-corrected chi connectivity index (χ4v) is 13.5. The van der Waals surface area contributed by atoms with Crippen molar-refractivity contribution in [2.75, 3.05) is 26.3 Å². The molecule has 7 fully saturated rings. The molecule has 7 rings (SSSR count). The summed E-state index contributed by atoms with van der Waals surface area (Å²) in [5, 5.41) is 27.0. The third-order valence-corrected chi connectivity index (χ3v) is 15.4. The van der Waals surface area contributed by atoms with Gasteiger partial charge in [-0.15, -0.1) is 0 Å². The first kappa shape index (κ1) is 31.3. The lowest BCUT2D eigenvalue weighted by Crippen LogP contribution is -2.60. The number of rotatable bonds is 6. The van der Waals surface area contributed by atoms with Crippen LogP contribution >= 0.6 is 0 Å². The summed E-state index contributed by atoms with van der Waals surface area (Å²) < 4.78 is 25.7. The Morgan fingerprint density at radius 3 is 2.42 bits per heavy atom. The van der Waals surface area contributed by atoms with E-state index in [2.05, 4.69) is 39.9 Å². The smallest absolute Gasteiger partial charge is 0.170 e. The van der Waals surface area contributed by atoms with Crippen LogP contribution in [-0.2, 0) is 18.9 Å². The second-order valence-electron chi connectivity index (χ2n) is 17.7. The quantitative estimate of drug-likeness (QED) is 0.379. The molecule has 7 nitrogen and oxygen atoms in total.